The zero-order valence-corrected chi connectivity index (χ0v) is 13.9. The number of nitrogens with zero attached hydrogens (tertiary/aromatic N) is 1. The summed E-state index contributed by atoms with van der Waals surface area (Å²) >= 11 is 12.0. The van der Waals surface area contributed by atoms with Gasteiger partial charge in [0.15, 0.2) is 0 Å². The average Bonchev–Trinajstić information content (AvgIpc) is 2.44. The van der Waals surface area contributed by atoms with Gasteiger partial charge in [-0.25, -0.2) is 0 Å². The van der Waals surface area contributed by atoms with Crippen molar-refractivity contribution >= 4 is 23.2 Å². The lowest BCUT2D eigenvalue weighted by Crippen LogP contribution is -2.36. The second-order valence-corrected chi connectivity index (χ2v) is 5.97. The second-order valence-electron chi connectivity index (χ2n) is 5.12. The van der Waals surface area contributed by atoms with Gasteiger partial charge >= 0.3 is 0 Å². The van der Waals surface area contributed by atoms with E-state index in [1.165, 1.54) is 0 Å². The van der Waals surface area contributed by atoms with Crippen LogP contribution in [0.15, 0.2) is 18.2 Å². The van der Waals surface area contributed by atoms with Crippen LogP contribution in [-0.4, -0.2) is 42.7 Å². The van der Waals surface area contributed by atoms with Crippen LogP contribution in [-0.2, 0) is 0 Å². The molecule has 0 heterocycles. The predicted octanol–water partition coefficient (Wildman–Crippen LogP) is 3.35. The van der Waals surface area contributed by atoms with E-state index in [-0.39, 0.29) is 0 Å². The van der Waals surface area contributed by atoms with Crippen LogP contribution in [0.1, 0.15) is 31.9 Å². The number of hydrogen-bond donors (Lipinski definition) is 2. The second kappa shape index (κ2) is 8.85. The Bertz CT molecular complexity index is 415. The maximum absolute atomic E-state index is 10.1. The number of rotatable bonds is 8. The quantitative estimate of drug-likeness (QED) is 0.721. The first kappa shape index (κ1) is 17.7. The molecule has 0 radical (unpaired) electrons. The highest BCUT2D eigenvalue weighted by Crippen LogP contribution is 2.25. The molecule has 1 rings (SSSR count). The van der Waals surface area contributed by atoms with Gasteiger partial charge in [0.25, 0.3) is 0 Å². The highest BCUT2D eigenvalue weighted by molar-refractivity contribution is 6.33. The molecule has 0 fully saturated rings. The Labute approximate surface area is 131 Å². The first-order chi connectivity index (χ1) is 9.45. The standard InChI is InChI=1S/C15H24Cl2N2O/c1-4-11(2)19(3)8-7-18-10-15(20)13-9-12(16)5-6-14(13)17/h5-6,9,11,15,18,20H,4,7-8,10H2,1-3H3. The van der Waals surface area contributed by atoms with Gasteiger partial charge in [0.05, 0.1) is 6.10 Å². The van der Waals surface area contributed by atoms with E-state index in [9.17, 15) is 5.11 Å². The molecule has 2 unspecified atom stereocenters. The van der Waals surface area contributed by atoms with Crippen LogP contribution >= 0.6 is 23.2 Å². The third-order valence-electron chi connectivity index (χ3n) is 3.64. The summed E-state index contributed by atoms with van der Waals surface area (Å²) in [6, 6.07) is 5.71. The summed E-state index contributed by atoms with van der Waals surface area (Å²) in [5.74, 6) is 0. The van der Waals surface area contributed by atoms with E-state index in [2.05, 4.69) is 31.1 Å². The van der Waals surface area contributed by atoms with Crippen LogP contribution < -0.4 is 5.32 Å². The van der Waals surface area contributed by atoms with Gasteiger partial charge in [0.1, 0.15) is 0 Å². The molecule has 0 aliphatic heterocycles. The lowest BCUT2D eigenvalue weighted by atomic mass is 10.1. The zero-order valence-electron chi connectivity index (χ0n) is 12.4. The van der Waals surface area contributed by atoms with Crippen LogP contribution in [0.25, 0.3) is 0 Å². The highest BCUT2D eigenvalue weighted by Gasteiger charge is 2.12. The molecular weight excluding hydrogens is 295 g/mol. The van der Waals surface area contributed by atoms with Crippen LogP contribution in [0.2, 0.25) is 10.0 Å². The van der Waals surface area contributed by atoms with Crippen molar-refractivity contribution in [1.29, 1.82) is 0 Å². The molecule has 0 bridgehead atoms. The summed E-state index contributed by atoms with van der Waals surface area (Å²) in [5, 5.41) is 14.5. The monoisotopic (exact) mass is 318 g/mol. The number of nitrogens with one attached hydrogen (secondary N) is 1. The molecule has 1 aromatic carbocycles. The zero-order chi connectivity index (χ0) is 15.1. The van der Waals surface area contributed by atoms with E-state index >= 15 is 0 Å². The van der Waals surface area contributed by atoms with Crippen molar-refractivity contribution in [2.75, 3.05) is 26.7 Å². The molecule has 0 spiro atoms. The van der Waals surface area contributed by atoms with Crippen LogP contribution in [0, 0.1) is 0 Å². The Morgan fingerprint density at radius 2 is 2.05 bits per heavy atom. The van der Waals surface area contributed by atoms with Crippen molar-refractivity contribution in [2.24, 2.45) is 0 Å². The van der Waals surface area contributed by atoms with Gasteiger partial charge in [-0.1, -0.05) is 30.1 Å². The Balaban J connectivity index is 2.36. The minimum Gasteiger partial charge on any atom is -0.387 e. The van der Waals surface area contributed by atoms with Crippen molar-refractivity contribution < 1.29 is 5.11 Å². The number of hydrogen-bond acceptors (Lipinski definition) is 3. The molecule has 0 saturated heterocycles. The molecule has 0 aliphatic rings. The number of likely N-dealkylation sites (N-methyl/N-ethyl adjacent to an activating group) is 1. The summed E-state index contributed by atoms with van der Waals surface area (Å²) in [5.41, 5.74) is 0.668. The molecular formula is C15H24Cl2N2O. The molecule has 5 heteroatoms. The Morgan fingerprint density at radius 1 is 1.35 bits per heavy atom. The van der Waals surface area contributed by atoms with Crippen molar-refractivity contribution in [2.45, 2.75) is 32.4 Å². The molecule has 0 aromatic heterocycles. The normalized spacial score (nSPS) is 14.6. The van der Waals surface area contributed by atoms with E-state index < -0.39 is 6.10 Å². The van der Waals surface area contributed by atoms with Crippen LogP contribution in [0.5, 0.6) is 0 Å². The molecule has 0 saturated carbocycles. The third kappa shape index (κ3) is 5.58. The smallest absolute Gasteiger partial charge is 0.0929 e. The number of aliphatic hydroxyl groups excluding tert-OH is 1. The highest BCUT2D eigenvalue weighted by atomic mass is 35.5. The molecule has 2 N–H and O–H groups in total. The Hall–Kier alpha value is -0.320. The topological polar surface area (TPSA) is 35.5 Å². The summed E-state index contributed by atoms with van der Waals surface area (Å²) in [7, 11) is 2.11. The maximum atomic E-state index is 10.1. The van der Waals surface area contributed by atoms with E-state index in [4.69, 9.17) is 23.2 Å². The summed E-state index contributed by atoms with van der Waals surface area (Å²) in [6.45, 7) is 6.63. The van der Waals surface area contributed by atoms with Gasteiger partial charge in [0, 0.05) is 41.3 Å². The van der Waals surface area contributed by atoms with Crippen LogP contribution in [0.4, 0.5) is 0 Å². The number of benzene rings is 1. The van der Waals surface area contributed by atoms with Gasteiger partial charge in [-0.2, -0.15) is 0 Å². The van der Waals surface area contributed by atoms with Gasteiger partial charge in [-0.15, -0.1) is 0 Å². The van der Waals surface area contributed by atoms with Crippen molar-refractivity contribution in [3.8, 4) is 0 Å². The van der Waals surface area contributed by atoms with Crippen molar-refractivity contribution in [3.05, 3.63) is 33.8 Å². The van der Waals surface area contributed by atoms with E-state index in [0.29, 0.717) is 28.2 Å². The first-order valence-electron chi connectivity index (χ1n) is 6.99. The van der Waals surface area contributed by atoms with Crippen molar-refractivity contribution in [1.82, 2.24) is 10.2 Å². The minimum absolute atomic E-state index is 0.467. The maximum Gasteiger partial charge on any atom is 0.0929 e. The molecule has 2 atom stereocenters. The predicted molar refractivity (Wildman–Crippen MR) is 86.7 cm³/mol. The van der Waals surface area contributed by atoms with Gasteiger partial charge in [0.2, 0.25) is 0 Å². The molecule has 1 aromatic rings. The fourth-order valence-corrected chi connectivity index (χ4v) is 2.33. The SMILES string of the molecule is CCC(C)N(C)CCNCC(O)c1cc(Cl)ccc1Cl. The Kier molecular flexibility index (Phi) is 7.85. The van der Waals surface area contributed by atoms with Gasteiger partial charge < -0.3 is 15.3 Å². The molecule has 114 valence electrons. The van der Waals surface area contributed by atoms with Gasteiger partial charge in [-0.3, -0.25) is 0 Å². The average molecular weight is 319 g/mol. The lowest BCUT2D eigenvalue weighted by Gasteiger charge is -2.23. The summed E-state index contributed by atoms with van der Waals surface area (Å²) in [6.07, 6.45) is 0.493. The van der Waals surface area contributed by atoms with Crippen LogP contribution in [0.3, 0.4) is 0 Å². The van der Waals surface area contributed by atoms with E-state index in [0.717, 1.165) is 19.5 Å². The third-order valence-corrected chi connectivity index (χ3v) is 4.22. The fraction of sp³-hybridized carbons (Fsp3) is 0.600. The number of aliphatic hydroxyl groups is 1. The first-order valence-corrected chi connectivity index (χ1v) is 7.75. The largest absolute Gasteiger partial charge is 0.387 e. The van der Waals surface area contributed by atoms with E-state index in [1.807, 2.05) is 0 Å². The minimum atomic E-state index is -0.643. The number of halogens is 2. The van der Waals surface area contributed by atoms with E-state index in [1.54, 1.807) is 18.2 Å². The molecule has 3 nitrogen and oxygen atoms in total. The fourth-order valence-electron chi connectivity index (χ4n) is 1.91. The van der Waals surface area contributed by atoms with Gasteiger partial charge in [-0.05, 0) is 38.6 Å². The van der Waals surface area contributed by atoms with Crippen molar-refractivity contribution in [3.63, 3.8) is 0 Å². The summed E-state index contributed by atoms with van der Waals surface area (Å²) < 4.78 is 0. The molecule has 20 heavy (non-hydrogen) atoms. The summed E-state index contributed by atoms with van der Waals surface area (Å²) in [4.78, 5) is 2.30. The lowest BCUT2D eigenvalue weighted by molar-refractivity contribution is 0.171. The molecule has 0 amide bonds. The molecule has 0 aliphatic carbocycles. The Morgan fingerprint density at radius 3 is 2.70 bits per heavy atom.